The first kappa shape index (κ1) is 24.0. The molecule has 180 valence electrons. The average molecular weight is 493 g/mol. The van der Waals surface area contributed by atoms with E-state index in [0.29, 0.717) is 33.1 Å². The van der Waals surface area contributed by atoms with Crippen molar-refractivity contribution < 1.29 is 14.3 Å². The van der Waals surface area contributed by atoms with Crippen molar-refractivity contribution in [2.24, 2.45) is 7.05 Å². The highest BCUT2D eigenvalue weighted by molar-refractivity contribution is 7.20. The Kier molecular flexibility index (Phi) is 6.83. The zero-order valence-corrected chi connectivity index (χ0v) is 20.3. The number of fused-ring (bicyclic) bond motifs is 1. The molecule has 2 N–H and O–H groups in total. The summed E-state index contributed by atoms with van der Waals surface area (Å²) in [5.41, 5.74) is 1.29. The number of nitrogens with one attached hydrogen (secondary N) is 2. The van der Waals surface area contributed by atoms with Crippen LogP contribution in [0.3, 0.4) is 0 Å². The fourth-order valence-electron chi connectivity index (χ4n) is 3.67. The predicted molar refractivity (Wildman–Crippen MR) is 135 cm³/mol. The third-order valence-electron chi connectivity index (χ3n) is 5.44. The Morgan fingerprint density at radius 3 is 2.46 bits per heavy atom. The fourth-order valence-corrected chi connectivity index (χ4v) is 4.69. The monoisotopic (exact) mass is 492 g/mol. The van der Waals surface area contributed by atoms with E-state index in [2.05, 4.69) is 10.6 Å². The molecule has 10 heteroatoms. The van der Waals surface area contributed by atoms with Crippen LogP contribution in [0.15, 0.2) is 64.2 Å². The van der Waals surface area contributed by atoms with Gasteiger partial charge >= 0.3 is 5.69 Å². The molecule has 4 rings (SSSR count). The number of aryl methyl sites for hydroxylation is 1. The summed E-state index contributed by atoms with van der Waals surface area (Å²) in [5.74, 6) is 0.175. The zero-order chi connectivity index (χ0) is 25.1. The number of methoxy groups -OCH3 is 1. The molecule has 0 bridgehead atoms. The Morgan fingerprint density at radius 2 is 1.77 bits per heavy atom. The van der Waals surface area contributed by atoms with Crippen LogP contribution in [0.5, 0.6) is 5.75 Å². The lowest BCUT2D eigenvalue weighted by Gasteiger charge is -2.09. The van der Waals surface area contributed by atoms with E-state index in [-0.39, 0.29) is 18.4 Å². The summed E-state index contributed by atoms with van der Waals surface area (Å²) in [7, 11) is 3.15. The second-order valence-electron chi connectivity index (χ2n) is 7.97. The van der Waals surface area contributed by atoms with E-state index in [1.54, 1.807) is 38.4 Å². The molecular weight excluding hydrogens is 468 g/mol. The topological polar surface area (TPSA) is 111 Å². The molecule has 0 spiro atoms. The molecule has 2 aromatic heterocycles. The number of carbonyl (C=O) groups is 2. The van der Waals surface area contributed by atoms with E-state index in [4.69, 9.17) is 4.74 Å². The highest BCUT2D eigenvalue weighted by atomic mass is 32.1. The molecule has 9 nitrogen and oxygen atoms in total. The number of benzene rings is 2. The Balaban J connectivity index is 1.59. The van der Waals surface area contributed by atoms with Gasteiger partial charge in [0.05, 0.1) is 23.9 Å². The van der Waals surface area contributed by atoms with Gasteiger partial charge in [-0.2, -0.15) is 0 Å². The summed E-state index contributed by atoms with van der Waals surface area (Å²) in [6, 6.07) is 15.8. The summed E-state index contributed by atoms with van der Waals surface area (Å²) in [6.45, 7) is 1.78. The lowest BCUT2D eigenvalue weighted by Crippen LogP contribution is -2.38. The Hall–Kier alpha value is -4.18. The van der Waals surface area contributed by atoms with Crippen molar-refractivity contribution in [3.05, 3.63) is 91.4 Å². The third kappa shape index (κ3) is 5.17. The van der Waals surface area contributed by atoms with Crippen LogP contribution in [0.2, 0.25) is 0 Å². The van der Waals surface area contributed by atoms with Gasteiger partial charge in [0.15, 0.2) is 0 Å². The highest BCUT2D eigenvalue weighted by Crippen LogP contribution is 2.22. The molecule has 0 aliphatic rings. The van der Waals surface area contributed by atoms with E-state index in [9.17, 15) is 19.2 Å². The first-order chi connectivity index (χ1) is 16.8. The van der Waals surface area contributed by atoms with Crippen molar-refractivity contribution in [2.45, 2.75) is 20.0 Å². The molecule has 4 aromatic rings. The quantitative estimate of drug-likeness (QED) is 0.412. The van der Waals surface area contributed by atoms with Crippen molar-refractivity contribution in [3.8, 4) is 5.75 Å². The number of ether oxygens (including phenoxy) is 1. The molecule has 2 aromatic carbocycles. The van der Waals surface area contributed by atoms with Crippen LogP contribution >= 0.6 is 11.3 Å². The van der Waals surface area contributed by atoms with Gasteiger partial charge in [-0.05, 0) is 41.5 Å². The van der Waals surface area contributed by atoms with Gasteiger partial charge in [0.25, 0.3) is 11.5 Å². The first-order valence-electron chi connectivity index (χ1n) is 10.8. The van der Waals surface area contributed by atoms with Crippen LogP contribution in [-0.2, 0) is 24.9 Å². The summed E-state index contributed by atoms with van der Waals surface area (Å²) in [4.78, 5) is 50.8. The van der Waals surface area contributed by atoms with Gasteiger partial charge in [0.2, 0.25) is 5.91 Å². The summed E-state index contributed by atoms with van der Waals surface area (Å²) in [6.07, 6.45) is 0. The summed E-state index contributed by atoms with van der Waals surface area (Å²) < 4.78 is 7.72. The lowest BCUT2D eigenvalue weighted by molar-refractivity contribution is -0.114. The summed E-state index contributed by atoms with van der Waals surface area (Å²) in [5, 5.41) is 5.82. The van der Waals surface area contributed by atoms with E-state index in [0.717, 1.165) is 27.0 Å². The fraction of sp³-hybridized carbons (Fsp3) is 0.200. The molecule has 0 radical (unpaired) electrons. The number of carbonyl (C=O) groups excluding carboxylic acids is 2. The predicted octanol–water partition coefficient (Wildman–Crippen LogP) is 2.71. The van der Waals surface area contributed by atoms with Crippen LogP contribution in [0.1, 0.15) is 27.7 Å². The van der Waals surface area contributed by atoms with Crippen LogP contribution in [0.4, 0.5) is 5.69 Å². The van der Waals surface area contributed by atoms with Crippen molar-refractivity contribution in [3.63, 3.8) is 0 Å². The molecule has 0 aliphatic heterocycles. The molecule has 2 heterocycles. The van der Waals surface area contributed by atoms with Crippen molar-refractivity contribution in [1.82, 2.24) is 14.5 Å². The van der Waals surface area contributed by atoms with Gasteiger partial charge in [-0.25, -0.2) is 4.79 Å². The van der Waals surface area contributed by atoms with Gasteiger partial charge in [-0.3, -0.25) is 23.5 Å². The van der Waals surface area contributed by atoms with Crippen LogP contribution < -0.4 is 26.6 Å². The molecule has 2 amide bonds. The molecular formula is C25H24N4O5S. The molecule has 0 saturated carbocycles. The molecule has 0 unspecified atom stereocenters. The number of hydrogen-bond acceptors (Lipinski definition) is 6. The maximum Gasteiger partial charge on any atom is 0.332 e. The summed E-state index contributed by atoms with van der Waals surface area (Å²) >= 11 is 1.10. The van der Waals surface area contributed by atoms with Crippen molar-refractivity contribution >= 4 is 39.1 Å². The minimum atomic E-state index is -0.473. The number of nitrogens with zero attached hydrogens (tertiary/aromatic N) is 2. The number of amides is 2. The third-order valence-corrected chi connectivity index (χ3v) is 6.65. The number of anilines is 1. The number of aromatic nitrogens is 2. The second-order valence-corrected chi connectivity index (χ2v) is 9.01. The molecule has 0 aliphatic carbocycles. The molecule has 0 saturated heterocycles. The van der Waals surface area contributed by atoms with Gasteiger partial charge in [0, 0.05) is 26.2 Å². The van der Waals surface area contributed by atoms with Gasteiger partial charge in [-0.15, -0.1) is 11.3 Å². The van der Waals surface area contributed by atoms with Crippen molar-refractivity contribution in [1.29, 1.82) is 0 Å². The minimum Gasteiger partial charge on any atom is -0.497 e. The maximum atomic E-state index is 13.2. The molecule has 35 heavy (non-hydrogen) atoms. The number of thiophene rings is 1. The highest BCUT2D eigenvalue weighted by Gasteiger charge is 2.18. The Labute approximate surface area is 204 Å². The van der Waals surface area contributed by atoms with Crippen LogP contribution in [-0.4, -0.2) is 28.1 Å². The van der Waals surface area contributed by atoms with E-state index in [1.807, 2.05) is 24.3 Å². The van der Waals surface area contributed by atoms with Crippen LogP contribution in [0.25, 0.3) is 10.2 Å². The SMILES string of the molecule is COc1cccc(CNC(=O)c2cc3c(=O)n(Cc4ccc(NC(C)=O)cc4)c(=O)n(C)c3s2)c1. The largest absolute Gasteiger partial charge is 0.497 e. The number of hydrogen-bond donors (Lipinski definition) is 2. The lowest BCUT2D eigenvalue weighted by atomic mass is 10.2. The number of rotatable bonds is 7. The standard InChI is InChI=1S/C25H24N4O5S/c1-15(30)27-18-9-7-16(8-10-18)14-29-23(32)20-12-21(35-24(20)28(2)25(29)33)22(31)26-13-17-5-4-6-19(11-17)34-3/h4-12H,13-14H2,1-3H3,(H,26,31)(H,27,30). The van der Waals surface area contributed by atoms with E-state index < -0.39 is 11.2 Å². The van der Waals surface area contributed by atoms with Gasteiger partial charge < -0.3 is 15.4 Å². The zero-order valence-electron chi connectivity index (χ0n) is 19.5. The Morgan fingerprint density at radius 1 is 1.03 bits per heavy atom. The second kappa shape index (κ2) is 9.98. The molecule has 0 fully saturated rings. The van der Waals surface area contributed by atoms with Gasteiger partial charge in [-0.1, -0.05) is 24.3 Å². The molecule has 0 atom stereocenters. The average Bonchev–Trinajstić information content (AvgIpc) is 3.31. The maximum absolute atomic E-state index is 13.2. The van der Waals surface area contributed by atoms with Gasteiger partial charge in [0.1, 0.15) is 10.6 Å². The Bertz CT molecular complexity index is 1530. The normalized spacial score (nSPS) is 10.8. The van der Waals surface area contributed by atoms with E-state index >= 15 is 0 Å². The minimum absolute atomic E-state index is 0.0645. The first-order valence-corrected chi connectivity index (χ1v) is 11.6. The van der Waals surface area contributed by atoms with Crippen molar-refractivity contribution in [2.75, 3.05) is 12.4 Å². The van der Waals surface area contributed by atoms with E-state index in [1.165, 1.54) is 17.6 Å². The van der Waals surface area contributed by atoms with Crippen LogP contribution in [0, 0.1) is 0 Å². The smallest absolute Gasteiger partial charge is 0.332 e.